The first-order chi connectivity index (χ1) is 21.8. The maximum absolute atomic E-state index is 6.30. The van der Waals surface area contributed by atoms with Crippen LogP contribution in [-0.2, 0) is 0 Å². The van der Waals surface area contributed by atoms with Crippen molar-refractivity contribution in [3.63, 3.8) is 0 Å². The number of benzene rings is 8. The van der Waals surface area contributed by atoms with Crippen molar-refractivity contribution >= 4 is 85.8 Å². The van der Waals surface area contributed by atoms with E-state index in [0.717, 1.165) is 11.2 Å². The lowest BCUT2D eigenvalue weighted by molar-refractivity contribution is 0.669. The predicted molar refractivity (Wildman–Crippen MR) is 190 cm³/mol. The minimum Gasteiger partial charge on any atom is -0.456 e. The van der Waals surface area contributed by atoms with Crippen LogP contribution in [0.4, 0.5) is 0 Å². The highest BCUT2D eigenvalue weighted by Gasteiger charge is 2.21. The van der Waals surface area contributed by atoms with E-state index in [4.69, 9.17) is 4.42 Å². The van der Waals surface area contributed by atoms with Gasteiger partial charge in [-0.3, -0.25) is 0 Å². The normalized spacial score (nSPS) is 12.1. The molecule has 204 valence electrons. The van der Waals surface area contributed by atoms with E-state index in [9.17, 15) is 0 Å². The second kappa shape index (κ2) is 9.03. The summed E-state index contributed by atoms with van der Waals surface area (Å²) in [4.78, 5) is 0. The molecule has 0 atom stereocenters. The van der Waals surface area contributed by atoms with Crippen molar-refractivity contribution in [2.45, 2.75) is 0 Å². The van der Waals surface area contributed by atoms with Crippen LogP contribution in [0.2, 0.25) is 0 Å². The number of hydrogen-bond donors (Lipinski definition) is 0. The van der Waals surface area contributed by atoms with E-state index < -0.39 is 0 Å². The fourth-order valence-electron chi connectivity index (χ4n) is 7.45. The topological polar surface area (TPSA) is 13.1 Å². The van der Waals surface area contributed by atoms with Crippen molar-refractivity contribution < 1.29 is 4.42 Å². The fraction of sp³-hybridized carbons (Fsp3) is 0. The van der Waals surface area contributed by atoms with Gasteiger partial charge in [-0.05, 0) is 67.2 Å². The third kappa shape index (κ3) is 3.23. The molecule has 0 spiro atoms. The standard InChI is InChI=1S/C42H24OS/c1-2-13-26-25(11-1)12-9-19-27(26)38-28-14-3-5-16-30(28)39(31-17-6-4-15-29(31)38)33-20-10-21-34-41-37(44-42(33)34)24-23-36-40(41)32-18-7-8-22-35(32)43-36/h1-24H. The second-order valence-corrected chi connectivity index (χ2v) is 12.6. The highest BCUT2D eigenvalue weighted by molar-refractivity contribution is 7.26. The smallest absolute Gasteiger partial charge is 0.136 e. The minimum absolute atomic E-state index is 0.937. The quantitative estimate of drug-likeness (QED) is 0.187. The maximum Gasteiger partial charge on any atom is 0.136 e. The Morgan fingerprint density at radius 3 is 1.66 bits per heavy atom. The highest BCUT2D eigenvalue weighted by atomic mass is 32.1. The average molecular weight is 577 g/mol. The first-order valence-electron chi connectivity index (χ1n) is 15.0. The van der Waals surface area contributed by atoms with Gasteiger partial charge in [0, 0.05) is 36.5 Å². The Hall–Kier alpha value is -5.44. The van der Waals surface area contributed by atoms with Gasteiger partial charge in [0.05, 0.1) is 0 Å². The number of para-hydroxylation sites is 1. The molecule has 2 heteroatoms. The van der Waals surface area contributed by atoms with E-state index >= 15 is 0 Å². The monoisotopic (exact) mass is 576 g/mol. The zero-order valence-electron chi connectivity index (χ0n) is 23.7. The molecule has 0 bridgehead atoms. The summed E-state index contributed by atoms with van der Waals surface area (Å²) in [6, 6.07) is 52.9. The summed E-state index contributed by atoms with van der Waals surface area (Å²) in [5.41, 5.74) is 7.03. The van der Waals surface area contributed by atoms with Crippen molar-refractivity contribution in [2.75, 3.05) is 0 Å². The third-order valence-electron chi connectivity index (χ3n) is 9.26. The number of rotatable bonds is 2. The van der Waals surface area contributed by atoms with Gasteiger partial charge >= 0.3 is 0 Å². The van der Waals surface area contributed by atoms with Gasteiger partial charge in [-0.25, -0.2) is 0 Å². The van der Waals surface area contributed by atoms with Crippen molar-refractivity contribution in [3.8, 4) is 22.3 Å². The zero-order valence-corrected chi connectivity index (χ0v) is 24.5. The largest absolute Gasteiger partial charge is 0.456 e. The number of furan rings is 1. The molecule has 0 aliphatic carbocycles. The summed E-state index contributed by atoms with van der Waals surface area (Å²) >= 11 is 1.89. The van der Waals surface area contributed by atoms with E-state index in [0.29, 0.717) is 0 Å². The molecule has 8 aromatic carbocycles. The Morgan fingerprint density at radius 1 is 0.364 bits per heavy atom. The van der Waals surface area contributed by atoms with Gasteiger partial charge in [0.2, 0.25) is 0 Å². The van der Waals surface area contributed by atoms with Crippen LogP contribution in [0.3, 0.4) is 0 Å². The molecule has 2 heterocycles. The Labute approximate surface area is 257 Å². The number of fused-ring (bicyclic) bond motifs is 10. The second-order valence-electron chi connectivity index (χ2n) is 11.6. The van der Waals surface area contributed by atoms with Gasteiger partial charge in [-0.2, -0.15) is 0 Å². The van der Waals surface area contributed by atoms with Crippen LogP contribution >= 0.6 is 11.3 Å². The molecule has 0 saturated heterocycles. The fourth-order valence-corrected chi connectivity index (χ4v) is 8.68. The lowest BCUT2D eigenvalue weighted by atomic mass is 9.84. The van der Waals surface area contributed by atoms with E-state index in [2.05, 4.69) is 140 Å². The molecular weight excluding hydrogens is 553 g/mol. The minimum atomic E-state index is 0.937. The molecule has 0 N–H and O–H groups in total. The molecule has 0 amide bonds. The molecular formula is C42H24OS. The maximum atomic E-state index is 6.30. The van der Waals surface area contributed by atoms with Gasteiger partial charge in [-0.15, -0.1) is 11.3 Å². The van der Waals surface area contributed by atoms with E-state index in [1.54, 1.807) is 0 Å². The van der Waals surface area contributed by atoms with Gasteiger partial charge in [-0.1, -0.05) is 127 Å². The van der Waals surface area contributed by atoms with E-state index in [-0.39, 0.29) is 0 Å². The van der Waals surface area contributed by atoms with Gasteiger partial charge in [0.25, 0.3) is 0 Å². The SMILES string of the molecule is c1ccc2c(-c3c4ccccc4c(-c4cccc5c4sc4ccc6oc7ccccc7c6c45)c4ccccc34)cccc2c1. The molecule has 0 radical (unpaired) electrons. The van der Waals surface area contributed by atoms with Crippen molar-refractivity contribution in [3.05, 3.63) is 146 Å². The molecule has 0 unspecified atom stereocenters. The van der Waals surface area contributed by atoms with Gasteiger partial charge < -0.3 is 4.42 Å². The molecule has 44 heavy (non-hydrogen) atoms. The lowest BCUT2D eigenvalue weighted by Crippen LogP contribution is -1.91. The summed E-state index contributed by atoms with van der Waals surface area (Å²) in [5.74, 6) is 0. The zero-order chi connectivity index (χ0) is 28.8. The van der Waals surface area contributed by atoms with Crippen molar-refractivity contribution in [1.29, 1.82) is 0 Å². The molecule has 2 aromatic heterocycles. The molecule has 0 saturated carbocycles. The van der Waals surface area contributed by atoms with Crippen molar-refractivity contribution in [2.24, 2.45) is 0 Å². The Morgan fingerprint density at radius 2 is 0.909 bits per heavy atom. The van der Waals surface area contributed by atoms with Crippen LogP contribution < -0.4 is 0 Å². The van der Waals surface area contributed by atoms with Crippen LogP contribution in [0.1, 0.15) is 0 Å². The first-order valence-corrected chi connectivity index (χ1v) is 15.8. The van der Waals surface area contributed by atoms with Crippen LogP contribution in [0.25, 0.3) is 96.7 Å². The van der Waals surface area contributed by atoms with Crippen molar-refractivity contribution in [1.82, 2.24) is 0 Å². The lowest BCUT2D eigenvalue weighted by Gasteiger charge is -2.19. The first kappa shape index (κ1) is 24.0. The molecule has 1 nitrogen and oxygen atoms in total. The summed E-state index contributed by atoms with van der Waals surface area (Å²) < 4.78 is 8.90. The van der Waals surface area contributed by atoms with E-state index in [1.807, 2.05) is 17.4 Å². The molecule has 10 rings (SSSR count). The van der Waals surface area contributed by atoms with E-state index in [1.165, 1.54) is 85.5 Å². The highest BCUT2D eigenvalue weighted by Crippen LogP contribution is 2.50. The third-order valence-corrected chi connectivity index (χ3v) is 10.5. The summed E-state index contributed by atoms with van der Waals surface area (Å²) in [6.45, 7) is 0. The molecule has 0 aliphatic rings. The predicted octanol–water partition coefficient (Wildman–Crippen LogP) is 12.7. The van der Waals surface area contributed by atoms with Crippen LogP contribution in [-0.4, -0.2) is 0 Å². The molecule has 0 fully saturated rings. The molecule has 10 aromatic rings. The number of hydrogen-bond acceptors (Lipinski definition) is 2. The summed E-state index contributed by atoms with van der Waals surface area (Å²) in [7, 11) is 0. The Bertz CT molecular complexity index is 2710. The van der Waals surface area contributed by atoms with Gasteiger partial charge in [0.1, 0.15) is 11.2 Å². The van der Waals surface area contributed by atoms with Crippen LogP contribution in [0, 0.1) is 0 Å². The average Bonchev–Trinajstić information content (AvgIpc) is 3.65. The number of thiophene rings is 1. The molecule has 0 aliphatic heterocycles. The summed E-state index contributed by atoms with van der Waals surface area (Å²) in [6.07, 6.45) is 0. The van der Waals surface area contributed by atoms with Crippen LogP contribution in [0.5, 0.6) is 0 Å². The Balaban J connectivity index is 1.36. The van der Waals surface area contributed by atoms with Gasteiger partial charge in [0.15, 0.2) is 0 Å². The Kier molecular flexibility index (Phi) is 4.94. The summed E-state index contributed by atoms with van der Waals surface area (Å²) in [5, 5.41) is 12.6. The van der Waals surface area contributed by atoms with Crippen LogP contribution in [0.15, 0.2) is 150 Å².